The second-order valence-electron chi connectivity index (χ2n) is 4.99. The molecule has 0 aliphatic carbocycles. The molecule has 2 N–H and O–H groups in total. The summed E-state index contributed by atoms with van der Waals surface area (Å²) in [6.45, 7) is 1.16. The highest BCUT2D eigenvalue weighted by Crippen LogP contribution is 2.27. The average Bonchev–Trinajstić information content (AvgIpc) is 2.24. The minimum absolute atomic E-state index is 0.0321. The Morgan fingerprint density at radius 3 is 2.53 bits per heavy atom. The van der Waals surface area contributed by atoms with Crippen molar-refractivity contribution in [3.05, 3.63) is 0 Å². The first kappa shape index (κ1) is 14.7. The first-order chi connectivity index (χ1) is 7.84. The summed E-state index contributed by atoms with van der Waals surface area (Å²) in [7, 11) is 3.94. The zero-order valence-corrected chi connectivity index (χ0v) is 10.5. The molecule has 0 spiro atoms. The van der Waals surface area contributed by atoms with Crippen LogP contribution >= 0.6 is 0 Å². The maximum absolute atomic E-state index is 12.6. The van der Waals surface area contributed by atoms with Crippen molar-refractivity contribution in [3.8, 4) is 0 Å². The molecule has 3 nitrogen and oxygen atoms in total. The Hall–Kier alpha value is -0.330. The summed E-state index contributed by atoms with van der Waals surface area (Å²) in [6.07, 6.45) is -2.17. The molecule has 17 heavy (non-hydrogen) atoms. The molecule has 1 aliphatic rings. The topological polar surface area (TPSA) is 32.5 Å². The third kappa shape index (κ3) is 4.44. The summed E-state index contributed by atoms with van der Waals surface area (Å²) in [5.74, 6) is -1.40. The highest BCUT2D eigenvalue weighted by molar-refractivity contribution is 4.81. The van der Waals surface area contributed by atoms with E-state index < -0.39 is 12.1 Å². The van der Waals surface area contributed by atoms with Crippen molar-refractivity contribution in [2.24, 2.45) is 11.7 Å². The van der Waals surface area contributed by atoms with E-state index in [-0.39, 0.29) is 13.1 Å². The fourth-order valence-corrected chi connectivity index (χ4v) is 2.24. The Labute approximate surface area is 101 Å². The second-order valence-corrected chi connectivity index (χ2v) is 4.99. The fourth-order valence-electron chi connectivity index (χ4n) is 2.24. The molecule has 0 amide bonds. The van der Waals surface area contributed by atoms with Crippen molar-refractivity contribution in [2.45, 2.75) is 25.1 Å². The first-order valence-corrected chi connectivity index (χ1v) is 6.00. The summed E-state index contributed by atoms with van der Waals surface area (Å²) in [5, 5.41) is 0. The first-order valence-electron chi connectivity index (χ1n) is 6.00. The van der Waals surface area contributed by atoms with Gasteiger partial charge >= 0.3 is 6.18 Å². The summed E-state index contributed by atoms with van der Waals surface area (Å²) >= 11 is 0. The third-order valence-corrected chi connectivity index (χ3v) is 3.44. The minimum Gasteiger partial charge on any atom is -0.330 e. The molecule has 1 saturated heterocycles. The SMILES string of the molecule is CN(C)C1CCCN(CC(CN)C(F)(F)F)C1. The van der Waals surface area contributed by atoms with Crippen LogP contribution in [0, 0.1) is 5.92 Å². The van der Waals surface area contributed by atoms with Gasteiger partial charge in [0.15, 0.2) is 0 Å². The molecule has 0 aromatic heterocycles. The summed E-state index contributed by atoms with van der Waals surface area (Å²) in [4.78, 5) is 3.97. The van der Waals surface area contributed by atoms with E-state index >= 15 is 0 Å². The van der Waals surface area contributed by atoms with Gasteiger partial charge in [-0.05, 0) is 33.5 Å². The van der Waals surface area contributed by atoms with E-state index in [0.29, 0.717) is 12.6 Å². The number of piperidine rings is 1. The molecule has 1 aliphatic heterocycles. The largest absolute Gasteiger partial charge is 0.394 e. The molecule has 1 heterocycles. The number of halogens is 3. The van der Waals surface area contributed by atoms with Gasteiger partial charge in [0.1, 0.15) is 0 Å². The van der Waals surface area contributed by atoms with Crippen molar-refractivity contribution in [3.63, 3.8) is 0 Å². The van der Waals surface area contributed by atoms with Gasteiger partial charge in [0.2, 0.25) is 0 Å². The molecular weight excluding hydrogens is 231 g/mol. The van der Waals surface area contributed by atoms with Crippen molar-refractivity contribution >= 4 is 0 Å². The molecule has 0 saturated carbocycles. The zero-order valence-electron chi connectivity index (χ0n) is 10.5. The molecule has 0 aromatic rings. The lowest BCUT2D eigenvalue weighted by Crippen LogP contribution is -2.49. The number of hydrogen-bond donors (Lipinski definition) is 1. The van der Waals surface area contributed by atoms with Crippen LogP contribution in [-0.4, -0.2) is 62.3 Å². The third-order valence-electron chi connectivity index (χ3n) is 3.44. The molecule has 2 atom stereocenters. The standard InChI is InChI=1S/C11H22F3N3/c1-16(2)10-4-3-5-17(8-10)7-9(6-15)11(12,13)14/h9-10H,3-8,15H2,1-2H3. The highest BCUT2D eigenvalue weighted by Gasteiger charge is 2.40. The predicted molar refractivity (Wildman–Crippen MR) is 61.7 cm³/mol. The van der Waals surface area contributed by atoms with Crippen molar-refractivity contribution in [1.82, 2.24) is 9.80 Å². The summed E-state index contributed by atoms with van der Waals surface area (Å²) in [6, 6.07) is 0.357. The van der Waals surface area contributed by atoms with Crippen LogP contribution in [0.15, 0.2) is 0 Å². The van der Waals surface area contributed by atoms with Gasteiger partial charge in [0.25, 0.3) is 0 Å². The lowest BCUT2D eigenvalue weighted by molar-refractivity contribution is -0.177. The van der Waals surface area contributed by atoms with Gasteiger partial charge in [-0.15, -0.1) is 0 Å². The van der Waals surface area contributed by atoms with Gasteiger partial charge in [0.05, 0.1) is 5.92 Å². The van der Waals surface area contributed by atoms with Crippen molar-refractivity contribution in [2.75, 3.05) is 40.3 Å². The molecule has 1 rings (SSSR count). The molecule has 102 valence electrons. The lowest BCUT2D eigenvalue weighted by atomic mass is 10.0. The molecular formula is C11H22F3N3. The molecule has 0 radical (unpaired) electrons. The molecule has 0 bridgehead atoms. The number of likely N-dealkylation sites (tertiary alicyclic amines) is 1. The van der Waals surface area contributed by atoms with E-state index in [0.717, 1.165) is 19.4 Å². The molecule has 0 aromatic carbocycles. The summed E-state index contributed by atoms with van der Waals surface area (Å²) in [5.41, 5.74) is 5.21. The van der Waals surface area contributed by atoms with Gasteiger partial charge in [-0.3, -0.25) is 0 Å². The maximum Gasteiger partial charge on any atom is 0.394 e. The van der Waals surface area contributed by atoms with E-state index in [2.05, 4.69) is 4.90 Å². The number of hydrogen-bond acceptors (Lipinski definition) is 3. The molecule has 2 unspecified atom stereocenters. The predicted octanol–water partition coefficient (Wildman–Crippen LogP) is 1.15. The molecule has 1 fully saturated rings. The number of nitrogens with two attached hydrogens (primary N) is 1. The van der Waals surface area contributed by atoms with E-state index in [1.165, 1.54) is 0 Å². The smallest absolute Gasteiger partial charge is 0.330 e. The Morgan fingerprint density at radius 2 is 2.06 bits per heavy atom. The number of rotatable bonds is 4. The Kier molecular flexibility index (Phi) is 5.22. The second kappa shape index (κ2) is 6.02. The van der Waals surface area contributed by atoms with Gasteiger partial charge in [0, 0.05) is 25.7 Å². The van der Waals surface area contributed by atoms with Crippen LogP contribution in [0.4, 0.5) is 13.2 Å². The monoisotopic (exact) mass is 253 g/mol. The fraction of sp³-hybridized carbons (Fsp3) is 1.00. The van der Waals surface area contributed by atoms with Crippen molar-refractivity contribution < 1.29 is 13.2 Å². The molecule has 6 heteroatoms. The number of likely N-dealkylation sites (N-methyl/N-ethyl adjacent to an activating group) is 1. The normalized spacial score (nSPS) is 25.2. The van der Waals surface area contributed by atoms with Crippen LogP contribution in [0.1, 0.15) is 12.8 Å². The van der Waals surface area contributed by atoms with Crippen LogP contribution in [0.5, 0.6) is 0 Å². The van der Waals surface area contributed by atoms with E-state index in [9.17, 15) is 13.2 Å². The van der Waals surface area contributed by atoms with Crippen LogP contribution in [0.3, 0.4) is 0 Å². The number of nitrogens with zero attached hydrogens (tertiary/aromatic N) is 2. The van der Waals surface area contributed by atoms with E-state index in [4.69, 9.17) is 5.73 Å². The Morgan fingerprint density at radius 1 is 1.41 bits per heavy atom. The Bertz CT molecular complexity index is 230. The summed E-state index contributed by atoms with van der Waals surface area (Å²) < 4.78 is 37.8. The highest BCUT2D eigenvalue weighted by atomic mass is 19.4. The van der Waals surface area contributed by atoms with Crippen molar-refractivity contribution in [1.29, 1.82) is 0 Å². The van der Waals surface area contributed by atoms with E-state index in [1.807, 2.05) is 19.0 Å². The van der Waals surface area contributed by atoms with Crippen LogP contribution in [0.2, 0.25) is 0 Å². The average molecular weight is 253 g/mol. The van der Waals surface area contributed by atoms with Crippen LogP contribution < -0.4 is 5.73 Å². The van der Waals surface area contributed by atoms with Crippen LogP contribution in [0.25, 0.3) is 0 Å². The minimum atomic E-state index is -4.18. The van der Waals surface area contributed by atoms with Gasteiger partial charge in [-0.25, -0.2) is 0 Å². The van der Waals surface area contributed by atoms with Gasteiger partial charge in [-0.1, -0.05) is 0 Å². The maximum atomic E-state index is 12.6. The van der Waals surface area contributed by atoms with Gasteiger partial charge in [-0.2, -0.15) is 13.2 Å². The van der Waals surface area contributed by atoms with Gasteiger partial charge < -0.3 is 15.5 Å². The van der Waals surface area contributed by atoms with Crippen LogP contribution in [-0.2, 0) is 0 Å². The zero-order chi connectivity index (χ0) is 13.1. The van der Waals surface area contributed by atoms with E-state index in [1.54, 1.807) is 0 Å². The number of alkyl halides is 3. The quantitative estimate of drug-likeness (QED) is 0.816. The Balaban J connectivity index is 2.50. The lowest BCUT2D eigenvalue weighted by Gasteiger charge is -2.37.